The Labute approximate surface area is 62.6 Å². The molecule has 0 saturated heterocycles. The van der Waals surface area contributed by atoms with Gasteiger partial charge >= 0.3 is 0 Å². The van der Waals surface area contributed by atoms with Crippen LogP contribution in [0.1, 0.15) is 19.8 Å². The zero-order valence-corrected chi connectivity index (χ0v) is 6.84. The minimum absolute atomic E-state index is 0.143. The summed E-state index contributed by atoms with van der Waals surface area (Å²) in [6.45, 7) is 3.53. The molecule has 0 rings (SSSR count). The molecule has 0 atom stereocenters. The Morgan fingerprint density at radius 2 is 1.80 bits per heavy atom. The second-order valence-electron chi connectivity index (χ2n) is 1.69. The zero-order valence-electron chi connectivity index (χ0n) is 6.84. The lowest BCUT2D eigenvalue weighted by atomic mass is 10.4. The van der Waals surface area contributed by atoms with Gasteiger partial charge in [0.1, 0.15) is 0 Å². The van der Waals surface area contributed by atoms with Crippen molar-refractivity contribution in [3.05, 3.63) is 0 Å². The van der Waals surface area contributed by atoms with E-state index in [2.05, 4.69) is 6.92 Å². The van der Waals surface area contributed by atoms with Gasteiger partial charge in [-0.3, -0.25) is 0 Å². The average molecular weight is 150 g/mol. The van der Waals surface area contributed by atoms with Crippen LogP contribution in [-0.4, -0.2) is 37.1 Å². The van der Waals surface area contributed by atoms with Crippen molar-refractivity contribution in [3.8, 4) is 0 Å². The molecule has 3 heteroatoms. The Balaban J connectivity index is 0. The van der Waals surface area contributed by atoms with Crippen molar-refractivity contribution >= 4 is 0 Å². The van der Waals surface area contributed by atoms with E-state index in [1.54, 1.807) is 0 Å². The van der Waals surface area contributed by atoms with Crippen LogP contribution in [0, 0.1) is 0 Å². The summed E-state index contributed by atoms with van der Waals surface area (Å²) in [6.07, 6.45) is 2.26. The summed E-state index contributed by atoms with van der Waals surface area (Å²) >= 11 is 0. The highest BCUT2D eigenvalue weighted by atomic mass is 16.5. The molecule has 0 unspecified atom stereocenters. The molecule has 3 nitrogen and oxygen atoms in total. The molecule has 0 spiro atoms. The van der Waals surface area contributed by atoms with E-state index in [-0.39, 0.29) is 6.61 Å². The van der Waals surface area contributed by atoms with Gasteiger partial charge in [-0.25, -0.2) is 0 Å². The van der Waals surface area contributed by atoms with E-state index < -0.39 is 0 Å². The fraction of sp³-hybridized carbons (Fsp3) is 1.00. The molecule has 0 aliphatic rings. The molecule has 0 aromatic rings. The molecule has 0 bridgehead atoms. The van der Waals surface area contributed by atoms with Crippen molar-refractivity contribution in [1.29, 1.82) is 0 Å². The highest BCUT2D eigenvalue weighted by Gasteiger charge is 1.82. The van der Waals surface area contributed by atoms with Crippen LogP contribution in [-0.2, 0) is 4.74 Å². The molecule has 64 valence electrons. The Hall–Kier alpha value is -0.120. The van der Waals surface area contributed by atoms with Gasteiger partial charge in [0, 0.05) is 13.7 Å². The minimum atomic E-state index is 0.143. The predicted octanol–water partition coefficient (Wildman–Crippen LogP) is 0.404. The van der Waals surface area contributed by atoms with Crippen LogP contribution < -0.4 is 0 Å². The number of hydrogen-bond acceptors (Lipinski definition) is 3. The molecular formula is C7H18O3. The van der Waals surface area contributed by atoms with E-state index in [4.69, 9.17) is 14.9 Å². The molecule has 0 heterocycles. The third-order valence-electron chi connectivity index (χ3n) is 0.878. The molecule has 0 fully saturated rings. The van der Waals surface area contributed by atoms with Crippen molar-refractivity contribution in [2.24, 2.45) is 0 Å². The number of rotatable bonds is 5. The monoisotopic (exact) mass is 150 g/mol. The van der Waals surface area contributed by atoms with Crippen LogP contribution in [0.5, 0.6) is 0 Å². The van der Waals surface area contributed by atoms with E-state index in [0.29, 0.717) is 6.61 Å². The summed E-state index contributed by atoms with van der Waals surface area (Å²) in [5, 5.41) is 15.2. The highest BCUT2D eigenvalue weighted by molar-refractivity contribution is 4.30. The Bertz CT molecular complexity index is 33.8. The molecule has 0 aromatic heterocycles. The van der Waals surface area contributed by atoms with Crippen molar-refractivity contribution in [3.63, 3.8) is 0 Å². The van der Waals surface area contributed by atoms with Crippen LogP contribution >= 0.6 is 0 Å². The lowest BCUT2D eigenvalue weighted by Gasteiger charge is -1.97. The first-order chi connectivity index (χ1) is 4.91. The van der Waals surface area contributed by atoms with Gasteiger partial charge in [0.25, 0.3) is 0 Å². The largest absolute Gasteiger partial charge is 0.400 e. The quantitative estimate of drug-likeness (QED) is 0.558. The van der Waals surface area contributed by atoms with E-state index in [9.17, 15) is 0 Å². The van der Waals surface area contributed by atoms with Gasteiger partial charge in [-0.1, -0.05) is 13.3 Å². The van der Waals surface area contributed by atoms with Gasteiger partial charge in [0.15, 0.2) is 0 Å². The van der Waals surface area contributed by atoms with Crippen LogP contribution in [0.25, 0.3) is 0 Å². The lowest BCUT2D eigenvalue weighted by molar-refractivity contribution is 0.0904. The summed E-state index contributed by atoms with van der Waals surface area (Å²) in [6, 6.07) is 0. The molecular weight excluding hydrogens is 132 g/mol. The van der Waals surface area contributed by atoms with Crippen LogP contribution in [0.4, 0.5) is 0 Å². The molecule has 0 aromatic carbocycles. The first-order valence-corrected chi connectivity index (χ1v) is 3.55. The van der Waals surface area contributed by atoms with Crippen molar-refractivity contribution in [2.45, 2.75) is 19.8 Å². The van der Waals surface area contributed by atoms with Crippen LogP contribution in [0.15, 0.2) is 0 Å². The van der Waals surface area contributed by atoms with Crippen molar-refractivity contribution in [1.82, 2.24) is 0 Å². The Kier molecular flexibility index (Phi) is 20.0. The maximum absolute atomic E-state index is 8.24. The molecule has 10 heavy (non-hydrogen) atoms. The molecule has 0 amide bonds. The van der Waals surface area contributed by atoms with Gasteiger partial charge in [0.2, 0.25) is 0 Å². The van der Waals surface area contributed by atoms with E-state index >= 15 is 0 Å². The normalized spacial score (nSPS) is 8.40. The number of aliphatic hydroxyl groups excluding tert-OH is 2. The second kappa shape index (κ2) is 15.9. The summed E-state index contributed by atoms with van der Waals surface area (Å²) in [4.78, 5) is 0. The van der Waals surface area contributed by atoms with Gasteiger partial charge in [-0.15, -0.1) is 0 Å². The Morgan fingerprint density at radius 3 is 2.20 bits per heavy atom. The topological polar surface area (TPSA) is 49.7 Å². The van der Waals surface area contributed by atoms with Crippen molar-refractivity contribution in [2.75, 3.05) is 26.9 Å². The first-order valence-electron chi connectivity index (χ1n) is 3.55. The maximum Gasteiger partial charge on any atom is 0.0697 e. The molecule has 0 aliphatic heterocycles. The number of unbranched alkanes of at least 4 members (excludes halogenated alkanes) is 1. The summed E-state index contributed by atoms with van der Waals surface area (Å²) < 4.78 is 4.97. The third-order valence-corrected chi connectivity index (χ3v) is 0.878. The SMILES string of the molecule is CCCCOCCO.CO. The zero-order chi connectivity index (χ0) is 8.24. The van der Waals surface area contributed by atoms with Crippen LogP contribution in [0.2, 0.25) is 0 Å². The second-order valence-corrected chi connectivity index (χ2v) is 1.69. The number of aliphatic hydroxyl groups is 2. The maximum atomic E-state index is 8.24. The van der Waals surface area contributed by atoms with Crippen LogP contribution in [0.3, 0.4) is 0 Å². The standard InChI is InChI=1S/C6H14O2.CH4O/c1-2-3-5-8-6-4-7;1-2/h7H,2-6H2,1H3;2H,1H3. The summed E-state index contributed by atoms with van der Waals surface area (Å²) in [7, 11) is 1.00. The van der Waals surface area contributed by atoms with E-state index in [0.717, 1.165) is 26.6 Å². The third kappa shape index (κ3) is 15.7. The summed E-state index contributed by atoms with van der Waals surface area (Å²) in [5.41, 5.74) is 0. The van der Waals surface area contributed by atoms with Gasteiger partial charge in [-0.2, -0.15) is 0 Å². The van der Waals surface area contributed by atoms with E-state index in [1.807, 2.05) is 0 Å². The smallest absolute Gasteiger partial charge is 0.0697 e. The molecule has 0 saturated carbocycles. The van der Waals surface area contributed by atoms with Crippen molar-refractivity contribution < 1.29 is 14.9 Å². The van der Waals surface area contributed by atoms with E-state index in [1.165, 1.54) is 0 Å². The molecule has 2 N–H and O–H groups in total. The van der Waals surface area contributed by atoms with Gasteiger partial charge in [-0.05, 0) is 6.42 Å². The van der Waals surface area contributed by atoms with Gasteiger partial charge < -0.3 is 14.9 Å². The predicted molar refractivity (Wildman–Crippen MR) is 41.0 cm³/mol. The average Bonchev–Trinajstić information content (AvgIpc) is 2.02. The highest BCUT2D eigenvalue weighted by Crippen LogP contribution is 1.85. The first kappa shape index (κ1) is 12.5. The number of hydrogen-bond donors (Lipinski definition) is 2. The lowest BCUT2D eigenvalue weighted by Crippen LogP contribution is -1.99. The fourth-order valence-electron chi connectivity index (χ4n) is 0.413. The molecule has 0 aliphatic carbocycles. The summed E-state index contributed by atoms with van der Waals surface area (Å²) in [5.74, 6) is 0. The van der Waals surface area contributed by atoms with Gasteiger partial charge in [0.05, 0.1) is 13.2 Å². The Morgan fingerprint density at radius 1 is 1.20 bits per heavy atom. The minimum Gasteiger partial charge on any atom is -0.400 e. The number of ether oxygens (including phenoxy) is 1. The molecule has 0 radical (unpaired) electrons. The fourth-order valence-corrected chi connectivity index (χ4v) is 0.413.